The van der Waals surface area contributed by atoms with Gasteiger partial charge in [-0.25, -0.2) is 4.98 Å². The van der Waals surface area contributed by atoms with Crippen molar-refractivity contribution in [2.75, 3.05) is 38.5 Å². The van der Waals surface area contributed by atoms with Crippen LogP contribution in [-0.2, 0) is 16.1 Å². The average molecular weight is 391 g/mol. The third-order valence-electron chi connectivity index (χ3n) is 4.64. The Morgan fingerprint density at radius 1 is 1.41 bits per heavy atom. The van der Waals surface area contributed by atoms with Crippen LogP contribution in [0.3, 0.4) is 0 Å². The summed E-state index contributed by atoms with van der Waals surface area (Å²) in [5.74, 6) is 1.04. The summed E-state index contributed by atoms with van der Waals surface area (Å²) >= 11 is 1.49. The van der Waals surface area contributed by atoms with E-state index in [1.165, 1.54) is 11.8 Å². The summed E-state index contributed by atoms with van der Waals surface area (Å²) in [5, 5.41) is 3.91. The van der Waals surface area contributed by atoms with E-state index in [-0.39, 0.29) is 12.0 Å². The van der Waals surface area contributed by atoms with E-state index < -0.39 is 0 Å². The summed E-state index contributed by atoms with van der Waals surface area (Å²) in [5.41, 5.74) is 2.09. The van der Waals surface area contributed by atoms with Gasteiger partial charge in [-0.2, -0.15) is 0 Å². The van der Waals surface area contributed by atoms with Gasteiger partial charge in [-0.05, 0) is 25.0 Å². The minimum absolute atomic E-state index is 0.0271. The third-order valence-corrected chi connectivity index (χ3v) is 5.62. The van der Waals surface area contributed by atoms with Gasteiger partial charge in [0, 0.05) is 32.7 Å². The van der Waals surface area contributed by atoms with E-state index in [1.807, 2.05) is 18.2 Å². The number of thioether (sulfide) groups is 1. The first-order valence-corrected chi connectivity index (χ1v) is 10.7. The number of hydrogen-bond donors (Lipinski definition) is 1. The second-order valence-electron chi connectivity index (χ2n) is 7.37. The van der Waals surface area contributed by atoms with Gasteiger partial charge in [0.25, 0.3) is 0 Å². The van der Waals surface area contributed by atoms with Crippen molar-refractivity contribution in [2.24, 2.45) is 5.92 Å². The van der Waals surface area contributed by atoms with Gasteiger partial charge in [0.15, 0.2) is 5.16 Å². The number of carbonyl (C=O) groups excluding carboxylic acids is 1. The van der Waals surface area contributed by atoms with Crippen LogP contribution in [0.15, 0.2) is 29.4 Å². The van der Waals surface area contributed by atoms with Gasteiger partial charge in [0.2, 0.25) is 5.91 Å². The van der Waals surface area contributed by atoms with Gasteiger partial charge in [-0.1, -0.05) is 37.7 Å². The Bertz CT molecular complexity index is 762. The van der Waals surface area contributed by atoms with E-state index in [0.717, 1.165) is 49.0 Å². The second kappa shape index (κ2) is 9.57. The number of rotatable bonds is 8. The molecule has 3 rings (SSSR count). The minimum atomic E-state index is 0.0271. The molecule has 0 saturated carbocycles. The molecule has 2 heterocycles. The smallest absolute Gasteiger partial charge is 0.230 e. The molecule has 1 aromatic heterocycles. The van der Waals surface area contributed by atoms with Crippen molar-refractivity contribution in [3.63, 3.8) is 0 Å². The van der Waals surface area contributed by atoms with E-state index in [2.05, 4.69) is 46.6 Å². The van der Waals surface area contributed by atoms with E-state index >= 15 is 0 Å². The second-order valence-corrected chi connectivity index (χ2v) is 8.31. The van der Waals surface area contributed by atoms with Crippen molar-refractivity contribution < 1.29 is 9.53 Å². The van der Waals surface area contributed by atoms with Crippen LogP contribution in [0.1, 0.15) is 20.8 Å². The maximum Gasteiger partial charge on any atom is 0.230 e. The van der Waals surface area contributed by atoms with Crippen molar-refractivity contribution >= 4 is 28.7 Å². The van der Waals surface area contributed by atoms with Gasteiger partial charge in [-0.15, -0.1) is 0 Å². The quantitative estimate of drug-likeness (QED) is 0.702. The normalized spacial score (nSPS) is 18.3. The molecule has 1 atom stereocenters. The highest BCUT2D eigenvalue weighted by molar-refractivity contribution is 7.99. The molecular weight excluding hydrogens is 360 g/mol. The Labute approximate surface area is 165 Å². The fraction of sp³-hybridized carbons (Fsp3) is 0.600. The highest BCUT2D eigenvalue weighted by atomic mass is 32.2. The summed E-state index contributed by atoms with van der Waals surface area (Å²) in [4.78, 5) is 19.4. The van der Waals surface area contributed by atoms with Gasteiger partial charge in [-0.3, -0.25) is 9.69 Å². The van der Waals surface area contributed by atoms with Crippen LogP contribution in [0.25, 0.3) is 11.0 Å². The molecule has 2 aromatic rings. The molecule has 0 aliphatic carbocycles. The lowest BCUT2D eigenvalue weighted by molar-refractivity contribution is -0.119. The number of aromatic nitrogens is 2. The lowest BCUT2D eigenvalue weighted by atomic mass is 10.2. The fourth-order valence-corrected chi connectivity index (χ4v) is 4.37. The molecule has 27 heavy (non-hydrogen) atoms. The molecule has 6 nitrogen and oxygen atoms in total. The number of nitrogens with zero attached hydrogens (tertiary/aromatic N) is 3. The van der Waals surface area contributed by atoms with Gasteiger partial charge in [0.1, 0.15) is 0 Å². The van der Waals surface area contributed by atoms with Crippen LogP contribution >= 0.6 is 11.8 Å². The Kier molecular flexibility index (Phi) is 7.15. The number of nitrogens with one attached hydrogen (secondary N) is 1. The Balaban J connectivity index is 1.47. The molecule has 0 radical (unpaired) electrons. The molecular formula is C20H30N4O2S. The Morgan fingerprint density at radius 3 is 3.00 bits per heavy atom. The number of amides is 1. The maximum atomic E-state index is 12.3. The number of benzene rings is 1. The maximum absolute atomic E-state index is 12.3. The van der Waals surface area contributed by atoms with Gasteiger partial charge in [0.05, 0.1) is 29.5 Å². The lowest BCUT2D eigenvalue weighted by Crippen LogP contribution is -2.48. The molecule has 0 bridgehead atoms. The van der Waals surface area contributed by atoms with Crippen molar-refractivity contribution in [3.05, 3.63) is 24.3 Å². The first-order valence-electron chi connectivity index (χ1n) is 9.75. The largest absolute Gasteiger partial charge is 0.374 e. The van der Waals surface area contributed by atoms with Gasteiger partial charge < -0.3 is 14.6 Å². The predicted molar refractivity (Wildman–Crippen MR) is 110 cm³/mol. The number of carbonyl (C=O) groups is 1. The van der Waals surface area contributed by atoms with Crippen LogP contribution in [0.2, 0.25) is 0 Å². The van der Waals surface area contributed by atoms with Crippen LogP contribution in [0.4, 0.5) is 0 Å². The van der Waals surface area contributed by atoms with Crippen LogP contribution in [0, 0.1) is 5.92 Å². The number of imidazole rings is 1. The Hall–Kier alpha value is -1.57. The first kappa shape index (κ1) is 20.2. The van der Waals surface area contributed by atoms with Crippen LogP contribution < -0.4 is 5.32 Å². The summed E-state index contributed by atoms with van der Waals surface area (Å²) in [6, 6.07) is 8.08. The van der Waals surface area contributed by atoms with Crippen molar-refractivity contribution in [2.45, 2.75) is 38.6 Å². The molecule has 148 valence electrons. The molecule has 1 aromatic carbocycles. The lowest BCUT2D eigenvalue weighted by Gasteiger charge is -2.33. The standard InChI is InChI=1S/C20H30N4O2S/c1-4-24-18-8-6-5-7-17(18)22-20(24)27-14-19(25)21-11-16-13-23(9-10-26-16)12-15(2)3/h5-8,15-16H,4,9-14H2,1-3H3,(H,21,25). The zero-order valence-electron chi connectivity index (χ0n) is 16.5. The van der Waals surface area contributed by atoms with Gasteiger partial charge >= 0.3 is 0 Å². The van der Waals surface area contributed by atoms with Crippen LogP contribution in [-0.4, -0.2) is 65.0 Å². The number of ether oxygens (including phenoxy) is 1. The molecule has 1 unspecified atom stereocenters. The monoisotopic (exact) mass is 390 g/mol. The topological polar surface area (TPSA) is 59.4 Å². The number of fused-ring (bicyclic) bond motifs is 1. The third kappa shape index (κ3) is 5.46. The minimum Gasteiger partial charge on any atom is -0.374 e. The summed E-state index contributed by atoms with van der Waals surface area (Å²) < 4.78 is 7.95. The summed E-state index contributed by atoms with van der Waals surface area (Å²) in [6.45, 7) is 11.6. The zero-order valence-corrected chi connectivity index (χ0v) is 17.3. The average Bonchev–Trinajstić information content (AvgIpc) is 3.02. The highest BCUT2D eigenvalue weighted by Gasteiger charge is 2.21. The van der Waals surface area contributed by atoms with Crippen molar-refractivity contribution in [1.82, 2.24) is 19.8 Å². The molecule has 1 amide bonds. The molecule has 1 N–H and O–H groups in total. The number of aryl methyl sites for hydroxylation is 1. The number of morpholine rings is 1. The zero-order chi connectivity index (χ0) is 19.2. The highest BCUT2D eigenvalue weighted by Crippen LogP contribution is 2.23. The van der Waals surface area contributed by atoms with Crippen LogP contribution in [0.5, 0.6) is 0 Å². The van der Waals surface area contributed by atoms with E-state index in [4.69, 9.17) is 4.74 Å². The molecule has 1 fully saturated rings. The van der Waals surface area contributed by atoms with E-state index in [0.29, 0.717) is 18.2 Å². The van der Waals surface area contributed by atoms with Crippen molar-refractivity contribution in [1.29, 1.82) is 0 Å². The Morgan fingerprint density at radius 2 is 2.22 bits per heavy atom. The van der Waals surface area contributed by atoms with E-state index in [1.54, 1.807) is 0 Å². The van der Waals surface area contributed by atoms with E-state index in [9.17, 15) is 4.79 Å². The molecule has 1 saturated heterocycles. The molecule has 1 aliphatic heterocycles. The van der Waals surface area contributed by atoms with Crippen molar-refractivity contribution in [3.8, 4) is 0 Å². The first-order chi connectivity index (χ1) is 13.1. The molecule has 1 aliphatic rings. The number of hydrogen-bond acceptors (Lipinski definition) is 5. The molecule has 0 spiro atoms. The summed E-state index contributed by atoms with van der Waals surface area (Å²) in [6.07, 6.45) is 0.0756. The SMILES string of the molecule is CCn1c(SCC(=O)NCC2CN(CC(C)C)CCO2)nc2ccccc21. The number of para-hydroxylation sites is 2. The predicted octanol–water partition coefficient (Wildman–Crippen LogP) is 2.62. The fourth-order valence-electron chi connectivity index (χ4n) is 3.46. The molecule has 7 heteroatoms. The summed E-state index contributed by atoms with van der Waals surface area (Å²) in [7, 11) is 0.